The van der Waals surface area contributed by atoms with Crippen molar-refractivity contribution in [3.05, 3.63) is 119 Å². The molecule has 6 heteroatoms. The molecular weight excluding hydrogens is 603 g/mol. The van der Waals surface area contributed by atoms with E-state index in [1.165, 1.54) is 45.0 Å². The standard InChI is InChI=1S/C23H29N3O.C20H26N2/c27-19-18-25-16-14-24(15-17-25)12-5-13-26-22-8-3-1-6-20(22)10-11-21-7-2-4-9-23(21)26;1-16(14-21(2)3)15-22-19-10-6-4-8-17(19)12-13-18-9-5-7-11-20(18)22/h1-4,6-11,27H,5,12-19H2;4-11,16H,12-15H2,1-3H3. The molecule has 7 rings (SSSR count). The van der Waals surface area contributed by atoms with E-state index in [0.717, 1.165) is 78.2 Å². The van der Waals surface area contributed by atoms with Gasteiger partial charge in [-0.05, 0) is 92.3 Å². The highest BCUT2D eigenvalue weighted by molar-refractivity contribution is 5.88. The predicted molar refractivity (Wildman–Crippen MR) is 208 cm³/mol. The van der Waals surface area contributed by atoms with Gasteiger partial charge in [0.05, 0.1) is 6.61 Å². The smallest absolute Gasteiger partial charge is 0.0558 e. The van der Waals surface area contributed by atoms with E-state index < -0.39 is 0 Å². The zero-order valence-electron chi connectivity index (χ0n) is 29.8. The summed E-state index contributed by atoms with van der Waals surface area (Å²) in [6.45, 7) is 12.1. The Bertz CT molecular complexity index is 1560. The molecule has 0 bridgehead atoms. The molecule has 6 nitrogen and oxygen atoms in total. The van der Waals surface area contributed by atoms with Gasteiger partial charge in [0, 0.05) is 75.1 Å². The van der Waals surface area contributed by atoms with Crippen LogP contribution in [0.3, 0.4) is 0 Å². The third-order valence-electron chi connectivity index (χ3n) is 10.0. The van der Waals surface area contributed by atoms with Crippen molar-refractivity contribution in [3.63, 3.8) is 0 Å². The SMILES string of the molecule is CC(CN(C)C)CN1c2ccccc2CCc2ccccc21.OCCN1CCN(CCCN2c3ccccc3C=Cc3ccccc32)CC1. The Morgan fingerprint density at radius 1 is 0.592 bits per heavy atom. The molecule has 0 aromatic heterocycles. The Morgan fingerprint density at radius 3 is 1.57 bits per heavy atom. The van der Waals surface area contributed by atoms with Crippen LogP contribution in [0.15, 0.2) is 97.1 Å². The number of anilines is 4. The van der Waals surface area contributed by atoms with Crippen molar-refractivity contribution in [1.82, 2.24) is 14.7 Å². The molecule has 0 saturated carbocycles. The minimum atomic E-state index is 0.266. The van der Waals surface area contributed by atoms with Crippen LogP contribution in [0.4, 0.5) is 22.7 Å². The van der Waals surface area contributed by atoms with E-state index in [1.807, 2.05) is 0 Å². The summed E-state index contributed by atoms with van der Waals surface area (Å²) in [4.78, 5) is 12.2. The fraction of sp³-hybridized carbons (Fsp3) is 0.395. The third kappa shape index (κ3) is 9.00. The average Bonchev–Trinajstić information content (AvgIpc) is 3.38. The van der Waals surface area contributed by atoms with Gasteiger partial charge in [-0.2, -0.15) is 0 Å². The van der Waals surface area contributed by atoms with Gasteiger partial charge in [0.25, 0.3) is 0 Å². The Kier molecular flexibility index (Phi) is 12.2. The molecule has 3 aliphatic heterocycles. The van der Waals surface area contributed by atoms with Crippen LogP contribution in [0.25, 0.3) is 12.2 Å². The fourth-order valence-corrected chi connectivity index (χ4v) is 7.69. The van der Waals surface area contributed by atoms with Crippen LogP contribution in [0.1, 0.15) is 35.6 Å². The summed E-state index contributed by atoms with van der Waals surface area (Å²) in [5.41, 5.74) is 10.9. The minimum Gasteiger partial charge on any atom is -0.395 e. The number of hydrogen-bond acceptors (Lipinski definition) is 6. The lowest BCUT2D eigenvalue weighted by Gasteiger charge is -2.35. The first kappa shape index (κ1) is 34.9. The van der Waals surface area contributed by atoms with Gasteiger partial charge in [0.15, 0.2) is 0 Å². The van der Waals surface area contributed by atoms with Crippen LogP contribution in [-0.4, -0.2) is 99.4 Å². The number of benzene rings is 4. The molecule has 3 aliphatic rings. The van der Waals surface area contributed by atoms with Gasteiger partial charge in [-0.25, -0.2) is 0 Å². The van der Waals surface area contributed by atoms with Crippen molar-refractivity contribution in [1.29, 1.82) is 0 Å². The first-order valence-corrected chi connectivity index (χ1v) is 18.3. The van der Waals surface area contributed by atoms with E-state index in [9.17, 15) is 0 Å². The van der Waals surface area contributed by atoms with E-state index in [1.54, 1.807) is 0 Å². The van der Waals surface area contributed by atoms with Crippen molar-refractivity contribution in [2.24, 2.45) is 5.92 Å². The Morgan fingerprint density at radius 2 is 1.06 bits per heavy atom. The molecule has 1 fully saturated rings. The summed E-state index contributed by atoms with van der Waals surface area (Å²) in [7, 11) is 4.31. The molecule has 0 radical (unpaired) electrons. The van der Waals surface area contributed by atoms with Crippen molar-refractivity contribution < 1.29 is 5.11 Å². The van der Waals surface area contributed by atoms with E-state index >= 15 is 0 Å². The second-order valence-corrected chi connectivity index (χ2v) is 14.1. The van der Waals surface area contributed by atoms with Gasteiger partial charge in [0.1, 0.15) is 0 Å². The number of fused-ring (bicyclic) bond motifs is 4. The van der Waals surface area contributed by atoms with Crippen LogP contribution < -0.4 is 9.80 Å². The number of aryl methyl sites for hydroxylation is 2. The quantitative estimate of drug-likeness (QED) is 0.191. The van der Waals surface area contributed by atoms with Gasteiger partial charge in [-0.3, -0.25) is 4.90 Å². The summed E-state index contributed by atoms with van der Waals surface area (Å²) in [5, 5.41) is 9.09. The number of aliphatic hydroxyl groups is 1. The summed E-state index contributed by atoms with van der Waals surface area (Å²) >= 11 is 0. The van der Waals surface area contributed by atoms with Gasteiger partial charge < -0.3 is 24.7 Å². The van der Waals surface area contributed by atoms with E-state index in [2.05, 4.69) is 155 Å². The maximum Gasteiger partial charge on any atom is 0.0558 e. The number of para-hydroxylation sites is 4. The first-order valence-electron chi connectivity index (χ1n) is 18.3. The number of aliphatic hydroxyl groups excluding tert-OH is 1. The predicted octanol–water partition coefficient (Wildman–Crippen LogP) is 7.43. The lowest BCUT2D eigenvalue weighted by atomic mass is 10.0. The Labute approximate surface area is 294 Å². The summed E-state index contributed by atoms with van der Waals surface area (Å²) in [5.74, 6) is 0.620. The molecule has 3 heterocycles. The van der Waals surface area contributed by atoms with Gasteiger partial charge in [-0.1, -0.05) is 91.9 Å². The first-order chi connectivity index (χ1) is 24.0. The molecule has 49 heavy (non-hydrogen) atoms. The number of hydrogen-bond donors (Lipinski definition) is 1. The zero-order chi connectivity index (χ0) is 34.0. The topological polar surface area (TPSA) is 36.4 Å². The Hall–Kier alpha value is -3.94. The monoisotopic (exact) mass is 657 g/mol. The number of β-amino-alcohol motifs (C(OH)–C–C–N with tert-alkyl or cyclic N) is 1. The minimum absolute atomic E-state index is 0.266. The highest BCUT2D eigenvalue weighted by atomic mass is 16.3. The highest BCUT2D eigenvalue weighted by Gasteiger charge is 2.22. The van der Waals surface area contributed by atoms with E-state index in [4.69, 9.17) is 5.11 Å². The maximum absolute atomic E-state index is 9.09. The number of nitrogens with zero attached hydrogens (tertiary/aromatic N) is 5. The molecule has 1 N–H and O–H groups in total. The van der Waals surface area contributed by atoms with Crippen LogP contribution >= 0.6 is 0 Å². The summed E-state index contributed by atoms with van der Waals surface area (Å²) < 4.78 is 0. The van der Waals surface area contributed by atoms with Gasteiger partial charge in [0.2, 0.25) is 0 Å². The van der Waals surface area contributed by atoms with Crippen molar-refractivity contribution in [3.8, 4) is 0 Å². The Balaban J connectivity index is 0.000000174. The third-order valence-corrected chi connectivity index (χ3v) is 10.0. The second-order valence-electron chi connectivity index (χ2n) is 14.1. The maximum atomic E-state index is 9.09. The lowest BCUT2D eigenvalue weighted by Crippen LogP contribution is -2.47. The molecule has 4 aromatic carbocycles. The second kappa shape index (κ2) is 17.1. The highest BCUT2D eigenvalue weighted by Crippen LogP contribution is 2.37. The lowest BCUT2D eigenvalue weighted by molar-refractivity contribution is 0.112. The molecule has 4 aromatic rings. The zero-order valence-corrected chi connectivity index (χ0v) is 29.8. The number of piperazine rings is 1. The van der Waals surface area contributed by atoms with Gasteiger partial charge >= 0.3 is 0 Å². The molecular formula is C43H55N5O. The van der Waals surface area contributed by atoms with Gasteiger partial charge in [-0.15, -0.1) is 0 Å². The summed E-state index contributed by atoms with van der Waals surface area (Å²) in [6.07, 6.45) is 7.86. The fourth-order valence-electron chi connectivity index (χ4n) is 7.69. The molecule has 258 valence electrons. The van der Waals surface area contributed by atoms with Crippen LogP contribution in [0.2, 0.25) is 0 Å². The van der Waals surface area contributed by atoms with Crippen molar-refractivity contribution in [2.75, 3.05) is 89.4 Å². The van der Waals surface area contributed by atoms with Crippen molar-refractivity contribution >= 4 is 34.9 Å². The average molecular weight is 658 g/mol. The van der Waals surface area contributed by atoms with E-state index in [0.29, 0.717) is 5.92 Å². The summed E-state index contributed by atoms with van der Waals surface area (Å²) in [6, 6.07) is 35.1. The number of rotatable bonds is 10. The molecule has 0 aliphatic carbocycles. The largest absolute Gasteiger partial charge is 0.395 e. The molecule has 0 amide bonds. The molecule has 1 atom stereocenters. The van der Waals surface area contributed by atoms with Crippen LogP contribution in [0, 0.1) is 5.92 Å². The van der Waals surface area contributed by atoms with Crippen LogP contribution in [-0.2, 0) is 12.8 Å². The van der Waals surface area contributed by atoms with E-state index in [-0.39, 0.29) is 6.61 Å². The van der Waals surface area contributed by atoms with Crippen molar-refractivity contribution in [2.45, 2.75) is 26.2 Å². The van der Waals surface area contributed by atoms with Crippen LogP contribution in [0.5, 0.6) is 0 Å². The molecule has 1 unspecified atom stereocenters. The molecule has 0 spiro atoms. The normalized spacial score (nSPS) is 16.4. The molecule has 1 saturated heterocycles.